The van der Waals surface area contributed by atoms with Crippen molar-refractivity contribution in [2.24, 2.45) is 0 Å². The summed E-state index contributed by atoms with van der Waals surface area (Å²) in [7, 11) is 0. The molecule has 0 radical (unpaired) electrons. The average molecular weight is 599 g/mol. The topological polar surface area (TPSA) is 110 Å². The fourth-order valence-electron chi connectivity index (χ4n) is 4.57. The first-order valence-corrected chi connectivity index (χ1v) is 13.7. The van der Waals surface area contributed by atoms with Crippen LogP contribution < -0.4 is 15.4 Å². The van der Waals surface area contributed by atoms with E-state index < -0.39 is 48.8 Å². The molecule has 42 heavy (non-hydrogen) atoms. The van der Waals surface area contributed by atoms with Crippen LogP contribution in [0.25, 0.3) is 10.1 Å². The van der Waals surface area contributed by atoms with Crippen molar-refractivity contribution in [1.82, 2.24) is 15.2 Å². The van der Waals surface area contributed by atoms with Gasteiger partial charge in [-0.15, -0.1) is 11.3 Å². The minimum absolute atomic E-state index is 0.171. The van der Waals surface area contributed by atoms with Crippen LogP contribution in [0.3, 0.4) is 0 Å². The van der Waals surface area contributed by atoms with Crippen LogP contribution in [0.1, 0.15) is 22.3 Å². The van der Waals surface area contributed by atoms with Gasteiger partial charge in [0.25, 0.3) is 5.91 Å². The van der Waals surface area contributed by atoms with Crippen molar-refractivity contribution in [3.63, 3.8) is 0 Å². The molecule has 0 spiro atoms. The third kappa shape index (κ3) is 6.69. The number of carbonyl (C=O) groups excluding carboxylic acids is 3. The number of fused-ring (bicyclic) bond motifs is 1. The molecule has 3 amide bonds. The monoisotopic (exact) mass is 598 g/mol. The van der Waals surface area contributed by atoms with E-state index in [0.717, 1.165) is 20.5 Å². The predicted octanol–water partition coefficient (Wildman–Crippen LogP) is 5.11. The highest BCUT2D eigenvalue weighted by atomic mass is 32.1. The lowest BCUT2D eigenvalue weighted by molar-refractivity contribution is -0.160. The molecule has 1 aliphatic heterocycles. The molecule has 2 atom stereocenters. The van der Waals surface area contributed by atoms with E-state index in [1.54, 1.807) is 48.8 Å². The lowest BCUT2D eigenvalue weighted by Gasteiger charge is -2.23. The number of amides is 3. The zero-order valence-electron chi connectivity index (χ0n) is 22.2. The van der Waals surface area contributed by atoms with E-state index in [1.165, 1.54) is 29.5 Å². The van der Waals surface area contributed by atoms with Crippen molar-refractivity contribution in [3.05, 3.63) is 83.9 Å². The number of rotatable bonds is 9. The smallest absolute Gasteiger partial charge is 0.345 e. The summed E-state index contributed by atoms with van der Waals surface area (Å²) in [5.41, 5.74) is 0.629. The SMILES string of the molecule is Cc1ccc(Oc2cccc(C(=O)NCC(=O)N3C[C@H](OC(F)F)C[C@H]3C(=O)Nc3cc4cnccc4s3)c2F)cc1. The number of pyridine rings is 1. The number of likely N-dealkylation sites (tertiary alicyclic amines) is 1. The Morgan fingerprint density at radius 3 is 2.67 bits per heavy atom. The second-order valence-electron chi connectivity index (χ2n) is 9.55. The Kier molecular flexibility index (Phi) is 8.69. The second kappa shape index (κ2) is 12.6. The van der Waals surface area contributed by atoms with Crippen molar-refractivity contribution in [3.8, 4) is 11.5 Å². The second-order valence-corrected chi connectivity index (χ2v) is 10.6. The van der Waals surface area contributed by atoms with E-state index in [9.17, 15) is 23.2 Å². The Balaban J connectivity index is 1.25. The highest BCUT2D eigenvalue weighted by Crippen LogP contribution is 2.31. The van der Waals surface area contributed by atoms with Gasteiger partial charge in [-0.05, 0) is 43.3 Å². The number of hydrogen-bond acceptors (Lipinski definition) is 7. The number of benzene rings is 2. The first kappa shape index (κ1) is 29.0. The summed E-state index contributed by atoms with van der Waals surface area (Å²) < 4.78 is 52.0. The summed E-state index contributed by atoms with van der Waals surface area (Å²) in [5.74, 6) is -2.95. The summed E-state index contributed by atoms with van der Waals surface area (Å²) in [4.78, 5) is 44.2. The van der Waals surface area contributed by atoms with Gasteiger partial charge in [-0.3, -0.25) is 19.4 Å². The van der Waals surface area contributed by atoms with Gasteiger partial charge >= 0.3 is 6.61 Å². The molecule has 218 valence electrons. The number of carbonyl (C=O) groups is 3. The molecular formula is C29H25F3N4O5S. The third-order valence-electron chi connectivity index (χ3n) is 6.60. The average Bonchev–Trinajstić information content (AvgIpc) is 3.57. The van der Waals surface area contributed by atoms with Gasteiger partial charge in [0.05, 0.1) is 23.2 Å². The maximum Gasteiger partial charge on any atom is 0.345 e. The fourth-order valence-corrected chi connectivity index (χ4v) is 5.50. The molecule has 2 aromatic carbocycles. The lowest BCUT2D eigenvalue weighted by Crippen LogP contribution is -2.47. The number of nitrogens with zero attached hydrogens (tertiary/aromatic N) is 2. The van der Waals surface area contributed by atoms with E-state index in [4.69, 9.17) is 4.74 Å². The number of nitrogens with one attached hydrogen (secondary N) is 2. The standard InChI is InChI=1S/C29H25F3N4O5S/c1-16-5-7-18(8-6-16)40-22-4-2-3-20(26(22)30)27(38)34-14-25(37)36-15-19(41-29(31)32)12-21(36)28(39)35-24-11-17-13-33-10-9-23(17)42-24/h2-11,13,19,21,29H,12,14-15H2,1H3,(H,34,38)(H,35,39)/t19-,21+/m1/s1. The van der Waals surface area contributed by atoms with Crippen molar-refractivity contribution in [2.45, 2.75) is 32.1 Å². The molecular weight excluding hydrogens is 573 g/mol. The number of halogens is 3. The summed E-state index contributed by atoms with van der Waals surface area (Å²) in [6.07, 6.45) is 1.98. The Morgan fingerprint density at radius 1 is 1.14 bits per heavy atom. The largest absolute Gasteiger partial charge is 0.454 e. The molecule has 1 aliphatic rings. The maximum absolute atomic E-state index is 15.1. The van der Waals surface area contributed by atoms with Crippen LogP contribution in [0, 0.1) is 12.7 Å². The highest BCUT2D eigenvalue weighted by molar-refractivity contribution is 7.22. The van der Waals surface area contributed by atoms with Crippen LogP contribution in [-0.4, -0.2) is 59.5 Å². The zero-order valence-corrected chi connectivity index (χ0v) is 23.0. The molecule has 0 saturated carbocycles. The van der Waals surface area contributed by atoms with Crippen LogP contribution in [0.2, 0.25) is 0 Å². The van der Waals surface area contributed by atoms with Crippen molar-refractivity contribution in [1.29, 1.82) is 0 Å². The van der Waals surface area contributed by atoms with Crippen LogP contribution in [-0.2, 0) is 14.3 Å². The van der Waals surface area contributed by atoms with Gasteiger partial charge in [-0.1, -0.05) is 23.8 Å². The van der Waals surface area contributed by atoms with Crippen LogP contribution in [0.4, 0.5) is 18.2 Å². The number of anilines is 1. The van der Waals surface area contributed by atoms with Crippen LogP contribution in [0.5, 0.6) is 11.5 Å². The van der Waals surface area contributed by atoms with E-state index in [2.05, 4.69) is 20.4 Å². The third-order valence-corrected chi connectivity index (χ3v) is 7.63. The molecule has 13 heteroatoms. The quantitative estimate of drug-likeness (QED) is 0.277. The molecule has 0 aliphatic carbocycles. The molecule has 0 unspecified atom stereocenters. The van der Waals surface area contributed by atoms with E-state index in [-0.39, 0.29) is 24.3 Å². The Bertz CT molecular complexity index is 1580. The Hall–Kier alpha value is -4.49. The summed E-state index contributed by atoms with van der Waals surface area (Å²) >= 11 is 1.29. The fraction of sp³-hybridized carbons (Fsp3) is 0.241. The Labute approximate surface area is 242 Å². The first-order valence-electron chi connectivity index (χ1n) is 12.9. The molecule has 2 aromatic heterocycles. The van der Waals surface area contributed by atoms with E-state index >= 15 is 4.39 Å². The van der Waals surface area contributed by atoms with E-state index in [1.807, 2.05) is 6.92 Å². The maximum atomic E-state index is 15.1. The minimum atomic E-state index is -3.10. The van der Waals surface area contributed by atoms with Gasteiger partial charge in [-0.25, -0.2) is 4.39 Å². The highest BCUT2D eigenvalue weighted by Gasteiger charge is 2.41. The molecule has 5 rings (SSSR count). The summed E-state index contributed by atoms with van der Waals surface area (Å²) in [5, 5.41) is 6.37. The van der Waals surface area contributed by atoms with E-state index in [0.29, 0.717) is 10.8 Å². The number of hydrogen-bond donors (Lipinski definition) is 2. The summed E-state index contributed by atoms with van der Waals surface area (Å²) in [6.45, 7) is -2.10. The number of aromatic nitrogens is 1. The molecule has 1 fully saturated rings. The Morgan fingerprint density at radius 2 is 1.93 bits per heavy atom. The van der Waals surface area contributed by atoms with Crippen molar-refractivity contribution < 1.29 is 37.0 Å². The van der Waals surface area contributed by atoms with Gasteiger partial charge in [0.1, 0.15) is 11.8 Å². The molecule has 0 bridgehead atoms. The summed E-state index contributed by atoms with van der Waals surface area (Å²) in [6, 6.07) is 13.3. The zero-order chi connectivity index (χ0) is 29.8. The van der Waals surface area contributed by atoms with Gasteiger partial charge in [0.2, 0.25) is 11.8 Å². The van der Waals surface area contributed by atoms with Gasteiger partial charge in [-0.2, -0.15) is 8.78 Å². The minimum Gasteiger partial charge on any atom is -0.454 e. The van der Waals surface area contributed by atoms with Gasteiger partial charge in [0.15, 0.2) is 11.6 Å². The molecule has 2 N–H and O–H groups in total. The molecule has 4 aromatic rings. The number of thiophene rings is 1. The molecule has 9 nitrogen and oxygen atoms in total. The molecule has 3 heterocycles. The first-order chi connectivity index (χ1) is 20.2. The van der Waals surface area contributed by atoms with Crippen molar-refractivity contribution in [2.75, 3.05) is 18.4 Å². The van der Waals surface area contributed by atoms with Crippen LogP contribution >= 0.6 is 11.3 Å². The van der Waals surface area contributed by atoms with Gasteiger partial charge < -0.3 is 25.0 Å². The number of aryl methyl sites for hydroxylation is 1. The van der Waals surface area contributed by atoms with Crippen molar-refractivity contribution >= 4 is 44.1 Å². The van der Waals surface area contributed by atoms with Gasteiger partial charge in [0, 0.05) is 35.4 Å². The number of ether oxygens (including phenoxy) is 2. The molecule has 1 saturated heterocycles. The lowest BCUT2D eigenvalue weighted by atomic mass is 10.1. The van der Waals surface area contributed by atoms with Crippen LogP contribution in [0.15, 0.2) is 67.0 Å². The predicted molar refractivity (Wildman–Crippen MR) is 149 cm³/mol. The number of alkyl halides is 2. The normalized spacial score (nSPS) is 16.5.